The summed E-state index contributed by atoms with van der Waals surface area (Å²) in [5.41, 5.74) is 1.18. The molecule has 2 unspecified atom stereocenters. The van der Waals surface area contributed by atoms with Crippen LogP contribution < -0.4 is 4.74 Å². The highest BCUT2D eigenvalue weighted by molar-refractivity contribution is 5.34. The van der Waals surface area contributed by atoms with Crippen LogP contribution >= 0.6 is 0 Å². The maximum atomic E-state index is 9.20. The predicted octanol–water partition coefficient (Wildman–Crippen LogP) is 1.54. The fourth-order valence-electron chi connectivity index (χ4n) is 1.41. The standard InChI is InChI=1S/C10H12O2/c1-12-8-4-2-3-7(5-8)9-6-10(9)11/h2-5,9-11H,6H2,1H3. The normalized spacial score (nSPS) is 26.8. The molecule has 1 saturated carbocycles. The van der Waals surface area contributed by atoms with Gasteiger partial charge in [0.05, 0.1) is 13.2 Å². The Balaban J connectivity index is 2.21. The van der Waals surface area contributed by atoms with Gasteiger partial charge in [0.2, 0.25) is 0 Å². The van der Waals surface area contributed by atoms with Gasteiger partial charge < -0.3 is 9.84 Å². The van der Waals surface area contributed by atoms with Crippen LogP contribution in [0.3, 0.4) is 0 Å². The maximum Gasteiger partial charge on any atom is 0.119 e. The number of methoxy groups -OCH3 is 1. The minimum Gasteiger partial charge on any atom is -0.497 e. The smallest absolute Gasteiger partial charge is 0.119 e. The van der Waals surface area contributed by atoms with Crippen molar-refractivity contribution in [2.24, 2.45) is 0 Å². The van der Waals surface area contributed by atoms with Crippen LogP contribution in [0, 0.1) is 0 Å². The number of benzene rings is 1. The predicted molar refractivity (Wildman–Crippen MR) is 46.4 cm³/mol. The maximum absolute atomic E-state index is 9.20. The van der Waals surface area contributed by atoms with E-state index in [4.69, 9.17) is 4.74 Å². The molecule has 0 radical (unpaired) electrons. The summed E-state index contributed by atoms with van der Waals surface area (Å²) in [6, 6.07) is 7.89. The van der Waals surface area contributed by atoms with Gasteiger partial charge in [-0.25, -0.2) is 0 Å². The van der Waals surface area contributed by atoms with E-state index in [1.165, 1.54) is 5.56 Å². The van der Waals surface area contributed by atoms with Crippen molar-refractivity contribution in [3.63, 3.8) is 0 Å². The van der Waals surface area contributed by atoms with Gasteiger partial charge >= 0.3 is 0 Å². The zero-order valence-corrected chi connectivity index (χ0v) is 7.03. The number of aliphatic hydroxyl groups is 1. The summed E-state index contributed by atoms with van der Waals surface area (Å²) in [5, 5.41) is 9.20. The van der Waals surface area contributed by atoms with E-state index in [2.05, 4.69) is 0 Å². The van der Waals surface area contributed by atoms with E-state index in [-0.39, 0.29) is 6.10 Å². The zero-order chi connectivity index (χ0) is 8.55. The van der Waals surface area contributed by atoms with Gasteiger partial charge in [-0.3, -0.25) is 0 Å². The van der Waals surface area contributed by atoms with Crippen molar-refractivity contribution in [3.8, 4) is 5.75 Å². The molecule has 0 amide bonds. The largest absolute Gasteiger partial charge is 0.497 e. The topological polar surface area (TPSA) is 29.5 Å². The molecule has 12 heavy (non-hydrogen) atoms. The first-order chi connectivity index (χ1) is 5.81. The van der Waals surface area contributed by atoms with Crippen molar-refractivity contribution in [1.29, 1.82) is 0 Å². The first-order valence-electron chi connectivity index (χ1n) is 4.13. The van der Waals surface area contributed by atoms with E-state index >= 15 is 0 Å². The van der Waals surface area contributed by atoms with Gasteiger partial charge in [0.1, 0.15) is 5.75 Å². The summed E-state index contributed by atoms with van der Waals surface area (Å²) in [4.78, 5) is 0. The molecule has 2 atom stereocenters. The third-order valence-corrected chi connectivity index (χ3v) is 2.28. The highest BCUT2D eigenvalue weighted by Gasteiger charge is 2.36. The summed E-state index contributed by atoms with van der Waals surface area (Å²) in [7, 11) is 1.66. The molecule has 1 aliphatic carbocycles. The second kappa shape index (κ2) is 2.79. The summed E-state index contributed by atoms with van der Waals surface area (Å²) in [5.74, 6) is 1.21. The molecule has 0 saturated heterocycles. The second-order valence-corrected chi connectivity index (χ2v) is 3.19. The molecule has 1 N–H and O–H groups in total. The lowest BCUT2D eigenvalue weighted by molar-refractivity contribution is 0.271. The van der Waals surface area contributed by atoms with E-state index in [1.807, 2.05) is 24.3 Å². The summed E-state index contributed by atoms with van der Waals surface area (Å²) in [6.07, 6.45) is 0.768. The number of aliphatic hydroxyl groups excluding tert-OH is 1. The van der Waals surface area contributed by atoms with E-state index in [0.717, 1.165) is 12.2 Å². The zero-order valence-electron chi connectivity index (χ0n) is 7.03. The molecular formula is C10H12O2. The van der Waals surface area contributed by atoms with Crippen molar-refractivity contribution < 1.29 is 9.84 Å². The third kappa shape index (κ3) is 1.30. The Bertz CT molecular complexity index is 283. The fraction of sp³-hybridized carbons (Fsp3) is 0.400. The average Bonchev–Trinajstić information content (AvgIpc) is 2.83. The van der Waals surface area contributed by atoms with Crippen molar-refractivity contribution in [2.75, 3.05) is 7.11 Å². The minimum absolute atomic E-state index is 0.128. The third-order valence-electron chi connectivity index (χ3n) is 2.28. The summed E-state index contributed by atoms with van der Waals surface area (Å²) >= 11 is 0. The van der Waals surface area contributed by atoms with E-state index in [0.29, 0.717) is 5.92 Å². The highest BCUT2D eigenvalue weighted by atomic mass is 16.5. The second-order valence-electron chi connectivity index (χ2n) is 3.19. The molecular weight excluding hydrogens is 152 g/mol. The molecule has 64 valence electrons. The molecule has 0 heterocycles. The van der Waals surface area contributed by atoms with Gasteiger partial charge in [0.15, 0.2) is 0 Å². The lowest BCUT2D eigenvalue weighted by Crippen LogP contribution is -1.88. The van der Waals surface area contributed by atoms with Gasteiger partial charge in [-0.05, 0) is 24.1 Å². The minimum atomic E-state index is -0.128. The molecule has 2 heteroatoms. The number of ether oxygens (including phenoxy) is 1. The first kappa shape index (κ1) is 7.62. The Morgan fingerprint density at radius 3 is 2.83 bits per heavy atom. The SMILES string of the molecule is COc1cccc(C2CC2O)c1. The van der Waals surface area contributed by atoms with Crippen LogP contribution in [0.25, 0.3) is 0 Å². The van der Waals surface area contributed by atoms with Crippen LogP contribution in [0.5, 0.6) is 5.75 Å². The van der Waals surface area contributed by atoms with Gasteiger partial charge in [0, 0.05) is 5.92 Å². The molecule has 2 rings (SSSR count). The van der Waals surface area contributed by atoms with Crippen LogP contribution in [0.15, 0.2) is 24.3 Å². The van der Waals surface area contributed by atoms with Crippen molar-refractivity contribution in [2.45, 2.75) is 18.4 Å². The van der Waals surface area contributed by atoms with Gasteiger partial charge in [-0.2, -0.15) is 0 Å². The first-order valence-corrected chi connectivity index (χ1v) is 4.13. The Hall–Kier alpha value is -1.02. The fourth-order valence-corrected chi connectivity index (χ4v) is 1.41. The molecule has 0 spiro atoms. The number of hydrogen-bond donors (Lipinski definition) is 1. The highest BCUT2D eigenvalue weighted by Crippen LogP contribution is 2.41. The Morgan fingerprint density at radius 1 is 1.50 bits per heavy atom. The molecule has 0 aromatic heterocycles. The van der Waals surface area contributed by atoms with Crippen LogP contribution in [0.2, 0.25) is 0 Å². The monoisotopic (exact) mass is 164 g/mol. The molecule has 0 aliphatic heterocycles. The Morgan fingerprint density at radius 2 is 2.25 bits per heavy atom. The van der Waals surface area contributed by atoms with E-state index in [9.17, 15) is 5.11 Å². The lowest BCUT2D eigenvalue weighted by Gasteiger charge is -2.01. The van der Waals surface area contributed by atoms with Crippen LogP contribution in [0.1, 0.15) is 17.9 Å². The van der Waals surface area contributed by atoms with Crippen molar-refractivity contribution in [1.82, 2.24) is 0 Å². The molecule has 1 aromatic rings. The van der Waals surface area contributed by atoms with Gasteiger partial charge in [-0.1, -0.05) is 12.1 Å². The molecule has 1 aromatic carbocycles. The van der Waals surface area contributed by atoms with Crippen LogP contribution in [-0.4, -0.2) is 18.3 Å². The van der Waals surface area contributed by atoms with Gasteiger partial charge in [-0.15, -0.1) is 0 Å². The summed E-state index contributed by atoms with van der Waals surface area (Å²) in [6.45, 7) is 0. The summed E-state index contributed by atoms with van der Waals surface area (Å²) < 4.78 is 5.09. The number of rotatable bonds is 2. The van der Waals surface area contributed by atoms with Crippen molar-refractivity contribution >= 4 is 0 Å². The molecule has 1 fully saturated rings. The lowest BCUT2D eigenvalue weighted by atomic mass is 10.1. The van der Waals surface area contributed by atoms with E-state index in [1.54, 1.807) is 7.11 Å². The molecule has 2 nitrogen and oxygen atoms in total. The van der Waals surface area contributed by atoms with Gasteiger partial charge in [0.25, 0.3) is 0 Å². The average molecular weight is 164 g/mol. The van der Waals surface area contributed by atoms with Crippen molar-refractivity contribution in [3.05, 3.63) is 29.8 Å². The van der Waals surface area contributed by atoms with Crippen LogP contribution in [-0.2, 0) is 0 Å². The Labute approximate surface area is 71.8 Å². The quantitative estimate of drug-likeness (QED) is 0.718. The Kier molecular flexibility index (Phi) is 1.77. The molecule has 1 aliphatic rings. The van der Waals surface area contributed by atoms with E-state index < -0.39 is 0 Å². The molecule has 0 bridgehead atoms. The van der Waals surface area contributed by atoms with Crippen LogP contribution in [0.4, 0.5) is 0 Å². The number of hydrogen-bond acceptors (Lipinski definition) is 2.